The van der Waals surface area contributed by atoms with Crippen LogP contribution < -0.4 is 5.32 Å². The highest BCUT2D eigenvalue weighted by molar-refractivity contribution is 9.10. The van der Waals surface area contributed by atoms with Crippen LogP contribution in [0.15, 0.2) is 22.7 Å². The fourth-order valence-electron chi connectivity index (χ4n) is 2.69. The smallest absolute Gasteiger partial charge is 0.0648 e. The molecule has 1 aromatic rings. The molecular formula is C14H19BrClN. The number of hydrogen-bond donors (Lipinski definition) is 1. The van der Waals surface area contributed by atoms with Gasteiger partial charge in [0.2, 0.25) is 0 Å². The van der Waals surface area contributed by atoms with E-state index in [0.29, 0.717) is 6.04 Å². The Kier molecular flexibility index (Phi) is 4.75. The molecule has 1 saturated carbocycles. The monoisotopic (exact) mass is 315 g/mol. The predicted molar refractivity (Wildman–Crippen MR) is 78.8 cm³/mol. The Bertz CT molecular complexity index is 380. The first-order chi connectivity index (χ1) is 8.20. The summed E-state index contributed by atoms with van der Waals surface area (Å²) in [6.45, 7) is 2.29. The van der Waals surface area contributed by atoms with Gasteiger partial charge in [-0.25, -0.2) is 0 Å². The molecule has 1 aliphatic rings. The average molecular weight is 317 g/mol. The van der Waals surface area contributed by atoms with Crippen molar-refractivity contribution in [1.29, 1.82) is 0 Å². The fraction of sp³-hybridized carbons (Fsp3) is 0.571. The highest BCUT2D eigenvalue weighted by atomic mass is 79.9. The minimum absolute atomic E-state index is 0.590. The lowest BCUT2D eigenvalue weighted by atomic mass is 9.83. The quantitative estimate of drug-likeness (QED) is 0.778. The third kappa shape index (κ3) is 3.38. The molecule has 1 N–H and O–H groups in total. The molecule has 17 heavy (non-hydrogen) atoms. The maximum absolute atomic E-state index is 6.25. The van der Waals surface area contributed by atoms with Crippen molar-refractivity contribution in [3.05, 3.63) is 27.7 Å². The van der Waals surface area contributed by atoms with Crippen molar-refractivity contribution in [3.63, 3.8) is 0 Å². The van der Waals surface area contributed by atoms with Crippen LogP contribution in [0.3, 0.4) is 0 Å². The van der Waals surface area contributed by atoms with Gasteiger partial charge in [0.05, 0.1) is 10.7 Å². The summed E-state index contributed by atoms with van der Waals surface area (Å²) in [5.41, 5.74) is 1.07. The second kappa shape index (κ2) is 6.10. The first kappa shape index (κ1) is 13.2. The highest BCUT2D eigenvalue weighted by Gasteiger charge is 2.23. The molecule has 0 heterocycles. The molecule has 0 aliphatic heterocycles. The molecular weight excluding hydrogens is 298 g/mol. The second-order valence-corrected chi connectivity index (χ2v) is 6.15. The van der Waals surface area contributed by atoms with Crippen molar-refractivity contribution in [1.82, 2.24) is 0 Å². The van der Waals surface area contributed by atoms with E-state index in [1.54, 1.807) is 0 Å². The van der Waals surface area contributed by atoms with E-state index < -0.39 is 0 Å². The fourth-order valence-corrected chi connectivity index (χ4v) is 3.42. The van der Waals surface area contributed by atoms with Crippen molar-refractivity contribution >= 4 is 33.2 Å². The molecule has 1 aliphatic carbocycles. The molecule has 0 saturated heterocycles. The third-order valence-electron chi connectivity index (χ3n) is 3.71. The first-order valence-corrected chi connectivity index (χ1v) is 7.59. The van der Waals surface area contributed by atoms with Gasteiger partial charge >= 0.3 is 0 Å². The van der Waals surface area contributed by atoms with Crippen LogP contribution in [0.5, 0.6) is 0 Å². The summed E-state index contributed by atoms with van der Waals surface area (Å²) in [7, 11) is 0. The van der Waals surface area contributed by atoms with Gasteiger partial charge in [0.1, 0.15) is 0 Å². The Morgan fingerprint density at radius 1 is 1.35 bits per heavy atom. The number of anilines is 1. The number of benzene rings is 1. The number of rotatable bonds is 3. The standard InChI is InChI=1S/C14H19BrClN/c1-2-10-5-3-4-6-13(10)17-14-8-7-11(15)9-12(14)16/h7-10,13,17H,2-6H2,1H3. The van der Waals surface area contributed by atoms with Gasteiger partial charge in [-0.15, -0.1) is 0 Å². The maximum atomic E-state index is 6.25. The normalized spacial score (nSPS) is 24.6. The van der Waals surface area contributed by atoms with Gasteiger partial charge in [0.25, 0.3) is 0 Å². The van der Waals surface area contributed by atoms with E-state index in [-0.39, 0.29) is 0 Å². The Labute approximate surface area is 117 Å². The van der Waals surface area contributed by atoms with Crippen molar-refractivity contribution in [2.75, 3.05) is 5.32 Å². The molecule has 1 nitrogen and oxygen atoms in total. The minimum atomic E-state index is 0.590. The van der Waals surface area contributed by atoms with Crippen molar-refractivity contribution in [2.45, 2.75) is 45.1 Å². The summed E-state index contributed by atoms with van der Waals surface area (Å²) < 4.78 is 1.03. The van der Waals surface area contributed by atoms with Crippen molar-refractivity contribution < 1.29 is 0 Å². The van der Waals surface area contributed by atoms with E-state index in [2.05, 4.69) is 34.2 Å². The lowest BCUT2D eigenvalue weighted by Gasteiger charge is -2.32. The molecule has 0 radical (unpaired) electrons. The van der Waals surface area contributed by atoms with Gasteiger partial charge in [-0.05, 0) is 37.0 Å². The molecule has 0 amide bonds. The van der Waals surface area contributed by atoms with Gasteiger partial charge < -0.3 is 5.32 Å². The zero-order chi connectivity index (χ0) is 12.3. The maximum Gasteiger partial charge on any atom is 0.0648 e. The second-order valence-electron chi connectivity index (χ2n) is 4.83. The third-order valence-corrected chi connectivity index (χ3v) is 4.51. The summed E-state index contributed by atoms with van der Waals surface area (Å²) in [4.78, 5) is 0. The highest BCUT2D eigenvalue weighted by Crippen LogP contribution is 2.32. The molecule has 2 rings (SSSR count). The van der Waals surface area contributed by atoms with Crippen LogP contribution in [0.1, 0.15) is 39.0 Å². The van der Waals surface area contributed by atoms with Crippen LogP contribution >= 0.6 is 27.5 Å². The molecule has 1 fully saturated rings. The minimum Gasteiger partial charge on any atom is -0.381 e. The van der Waals surface area contributed by atoms with Gasteiger partial charge in [0.15, 0.2) is 0 Å². The number of nitrogens with one attached hydrogen (secondary N) is 1. The van der Waals surface area contributed by atoms with Crippen molar-refractivity contribution in [2.24, 2.45) is 5.92 Å². The van der Waals surface area contributed by atoms with Gasteiger partial charge in [-0.3, -0.25) is 0 Å². The van der Waals surface area contributed by atoms with Crippen LogP contribution in [-0.4, -0.2) is 6.04 Å². The van der Waals surface area contributed by atoms with E-state index in [0.717, 1.165) is 21.1 Å². The topological polar surface area (TPSA) is 12.0 Å². The van der Waals surface area contributed by atoms with Gasteiger partial charge in [0, 0.05) is 10.5 Å². The Balaban J connectivity index is 2.08. The molecule has 0 spiro atoms. The summed E-state index contributed by atoms with van der Waals surface area (Å²) >= 11 is 9.68. The number of hydrogen-bond acceptors (Lipinski definition) is 1. The Hall–Kier alpha value is -0.210. The van der Waals surface area contributed by atoms with Crippen LogP contribution in [0.4, 0.5) is 5.69 Å². The van der Waals surface area contributed by atoms with E-state index >= 15 is 0 Å². The summed E-state index contributed by atoms with van der Waals surface area (Å²) in [6.07, 6.45) is 6.59. The molecule has 1 aromatic carbocycles. The number of halogens is 2. The Morgan fingerprint density at radius 2 is 2.12 bits per heavy atom. The Morgan fingerprint density at radius 3 is 2.82 bits per heavy atom. The summed E-state index contributed by atoms with van der Waals surface area (Å²) in [5.74, 6) is 0.795. The van der Waals surface area contributed by atoms with Gasteiger partial charge in [-0.1, -0.05) is 53.7 Å². The molecule has 0 bridgehead atoms. The predicted octanol–water partition coefficient (Wildman–Crippen LogP) is 5.48. The van der Waals surface area contributed by atoms with Gasteiger partial charge in [-0.2, -0.15) is 0 Å². The zero-order valence-corrected chi connectivity index (χ0v) is 12.5. The summed E-state index contributed by atoms with van der Waals surface area (Å²) in [5, 5.41) is 4.43. The van der Waals surface area contributed by atoms with Crippen LogP contribution in [0.25, 0.3) is 0 Å². The summed E-state index contributed by atoms with van der Waals surface area (Å²) in [6, 6.07) is 6.65. The molecule has 2 unspecified atom stereocenters. The van der Waals surface area contributed by atoms with E-state index in [1.165, 1.54) is 32.1 Å². The van der Waals surface area contributed by atoms with Crippen LogP contribution in [-0.2, 0) is 0 Å². The molecule has 94 valence electrons. The lowest BCUT2D eigenvalue weighted by Crippen LogP contribution is -2.31. The largest absolute Gasteiger partial charge is 0.381 e. The van der Waals surface area contributed by atoms with E-state index in [9.17, 15) is 0 Å². The zero-order valence-electron chi connectivity index (χ0n) is 10.2. The van der Waals surface area contributed by atoms with Crippen molar-refractivity contribution in [3.8, 4) is 0 Å². The molecule has 3 heteroatoms. The average Bonchev–Trinajstić information content (AvgIpc) is 2.33. The van der Waals surface area contributed by atoms with E-state index in [1.807, 2.05) is 12.1 Å². The van der Waals surface area contributed by atoms with E-state index in [4.69, 9.17) is 11.6 Å². The SMILES string of the molecule is CCC1CCCCC1Nc1ccc(Br)cc1Cl. The molecule has 2 atom stereocenters. The lowest BCUT2D eigenvalue weighted by molar-refractivity contribution is 0.317. The molecule has 0 aromatic heterocycles. The first-order valence-electron chi connectivity index (χ1n) is 6.42. The van der Waals surface area contributed by atoms with Crippen LogP contribution in [0.2, 0.25) is 5.02 Å². The van der Waals surface area contributed by atoms with Crippen LogP contribution in [0, 0.1) is 5.92 Å².